The SMILES string of the molecule is CCNC(=NCCc1cccc(C(=O)N(C)C)c1)NC(C)c1ccccc1. The summed E-state index contributed by atoms with van der Waals surface area (Å²) in [7, 11) is 3.53. The zero-order valence-corrected chi connectivity index (χ0v) is 16.7. The Hall–Kier alpha value is -2.82. The van der Waals surface area contributed by atoms with Crippen LogP contribution in [0.2, 0.25) is 0 Å². The molecule has 0 radical (unpaired) electrons. The lowest BCUT2D eigenvalue weighted by Crippen LogP contribution is -2.38. The topological polar surface area (TPSA) is 56.7 Å². The monoisotopic (exact) mass is 366 g/mol. The summed E-state index contributed by atoms with van der Waals surface area (Å²) >= 11 is 0. The fraction of sp³-hybridized carbons (Fsp3) is 0.364. The molecule has 0 fully saturated rings. The summed E-state index contributed by atoms with van der Waals surface area (Å²) in [5.41, 5.74) is 3.04. The second-order valence-corrected chi connectivity index (χ2v) is 6.69. The third-order valence-corrected chi connectivity index (χ3v) is 4.25. The van der Waals surface area contributed by atoms with Crippen molar-refractivity contribution < 1.29 is 4.79 Å². The van der Waals surface area contributed by atoms with Crippen molar-refractivity contribution in [3.05, 3.63) is 71.3 Å². The molecule has 1 amide bonds. The van der Waals surface area contributed by atoms with E-state index in [9.17, 15) is 4.79 Å². The molecule has 0 aliphatic carbocycles. The Morgan fingerprint density at radius 1 is 1.11 bits per heavy atom. The molecule has 2 N–H and O–H groups in total. The number of rotatable bonds is 7. The second kappa shape index (κ2) is 10.4. The highest BCUT2D eigenvalue weighted by Crippen LogP contribution is 2.11. The van der Waals surface area contributed by atoms with Crippen LogP contribution >= 0.6 is 0 Å². The number of hydrogen-bond donors (Lipinski definition) is 2. The van der Waals surface area contributed by atoms with E-state index < -0.39 is 0 Å². The van der Waals surface area contributed by atoms with Crippen LogP contribution in [-0.4, -0.2) is 44.0 Å². The van der Waals surface area contributed by atoms with Crippen LogP contribution in [0, 0.1) is 0 Å². The van der Waals surface area contributed by atoms with E-state index in [-0.39, 0.29) is 11.9 Å². The van der Waals surface area contributed by atoms with Crippen LogP contribution in [-0.2, 0) is 6.42 Å². The highest BCUT2D eigenvalue weighted by Gasteiger charge is 2.09. The van der Waals surface area contributed by atoms with E-state index in [0.29, 0.717) is 12.1 Å². The molecule has 2 rings (SSSR count). The fourth-order valence-corrected chi connectivity index (χ4v) is 2.77. The summed E-state index contributed by atoms with van der Waals surface area (Å²) in [5, 5.41) is 6.74. The summed E-state index contributed by atoms with van der Waals surface area (Å²) < 4.78 is 0. The van der Waals surface area contributed by atoms with Crippen LogP contribution in [0.3, 0.4) is 0 Å². The Labute approximate surface area is 162 Å². The van der Waals surface area contributed by atoms with Gasteiger partial charge in [0.05, 0.1) is 6.04 Å². The molecule has 0 saturated carbocycles. The molecule has 2 aromatic rings. The van der Waals surface area contributed by atoms with Gasteiger partial charge in [-0.1, -0.05) is 42.5 Å². The molecule has 27 heavy (non-hydrogen) atoms. The lowest BCUT2D eigenvalue weighted by molar-refractivity contribution is 0.0827. The third-order valence-electron chi connectivity index (χ3n) is 4.25. The smallest absolute Gasteiger partial charge is 0.253 e. The minimum atomic E-state index is 0.0204. The molecule has 1 unspecified atom stereocenters. The number of nitrogens with one attached hydrogen (secondary N) is 2. The summed E-state index contributed by atoms with van der Waals surface area (Å²) in [5.74, 6) is 0.821. The van der Waals surface area contributed by atoms with Gasteiger partial charge in [0.25, 0.3) is 5.91 Å². The molecule has 1 atom stereocenters. The molecule has 144 valence electrons. The number of amides is 1. The molecule has 2 aromatic carbocycles. The van der Waals surface area contributed by atoms with Gasteiger partial charge in [-0.15, -0.1) is 0 Å². The largest absolute Gasteiger partial charge is 0.357 e. The zero-order chi connectivity index (χ0) is 19.6. The number of carbonyl (C=O) groups is 1. The van der Waals surface area contributed by atoms with Crippen molar-refractivity contribution >= 4 is 11.9 Å². The Morgan fingerprint density at radius 2 is 1.85 bits per heavy atom. The maximum Gasteiger partial charge on any atom is 0.253 e. The Bertz CT molecular complexity index is 756. The molecule has 0 spiro atoms. The molecule has 0 aromatic heterocycles. The number of benzene rings is 2. The Balaban J connectivity index is 1.99. The van der Waals surface area contributed by atoms with Crippen molar-refractivity contribution in [3.8, 4) is 0 Å². The number of hydrogen-bond acceptors (Lipinski definition) is 2. The number of nitrogens with zero attached hydrogens (tertiary/aromatic N) is 2. The highest BCUT2D eigenvalue weighted by atomic mass is 16.2. The molecular formula is C22H30N4O. The van der Waals surface area contributed by atoms with Crippen LogP contribution in [0.15, 0.2) is 59.6 Å². The van der Waals surface area contributed by atoms with Crippen molar-refractivity contribution in [2.75, 3.05) is 27.2 Å². The van der Waals surface area contributed by atoms with Gasteiger partial charge in [0.15, 0.2) is 5.96 Å². The average Bonchev–Trinajstić information content (AvgIpc) is 2.68. The molecule has 0 aliphatic rings. The van der Waals surface area contributed by atoms with E-state index in [4.69, 9.17) is 0 Å². The van der Waals surface area contributed by atoms with Crippen molar-refractivity contribution in [3.63, 3.8) is 0 Å². The van der Waals surface area contributed by atoms with Crippen LogP contribution in [0.1, 0.15) is 41.4 Å². The number of guanidine groups is 1. The first-order chi connectivity index (χ1) is 13.0. The van der Waals surface area contributed by atoms with Crippen LogP contribution < -0.4 is 10.6 Å². The van der Waals surface area contributed by atoms with Crippen LogP contribution in [0.5, 0.6) is 0 Å². The first kappa shape index (κ1) is 20.5. The minimum Gasteiger partial charge on any atom is -0.357 e. The zero-order valence-electron chi connectivity index (χ0n) is 16.7. The van der Waals surface area contributed by atoms with Gasteiger partial charge in [-0.3, -0.25) is 9.79 Å². The van der Waals surface area contributed by atoms with E-state index in [1.165, 1.54) is 5.56 Å². The van der Waals surface area contributed by atoms with E-state index in [1.54, 1.807) is 19.0 Å². The summed E-state index contributed by atoms with van der Waals surface area (Å²) in [6.45, 7) is 5.63. The molecule has 5 heteroatoms. The Kier molecular flexibility index (Phi) is 7.86. The summed E-state index contributed by atoms with van der Waals surface area (Å²) in [6.07, 6.45) is 0.783. The molecule has 0 aliphatic heterocycles. The molecule has 0 saturated heterocycles. The second-order valence-electron chi connectivity index (χ2n) is 6.69. The van der Waals surface area contributed by atoms with Gasteiger partial charge in [0.1, 0.15) is 0 Å². The molecular weight excluding hydrogens is 336 g/mol. The van der Waals surface area contributed by atoms with Gasteiger partial charge in [-0.25, -0.2) is 0 Å². The van der Waals surface area contributed by atoms with Gasteiger partial charge >= 0.3 is 0 Å². The third kappa shape index (κ3) is 6.44. The predicted octanol–water partition coefficient (Wildman–Crippen LogP) is 3.25. The molecule has 0 heterocycles. The summed E-state index contributed by atoms with van der Waals surface area (Å²) in [6, 6.07) is 18.2. The van der Waals surface area contributed by atoms with Crippen molar-refractivity contribution in [2.45, 2.75) is 26.3 Å². The van der Waals surface area contributed by atoms with E-state index in [0.717, 1.165) is 24.5 Å². The number of aliphatic imine (C=N–C) groups is 1. The lowest BCUT2D eigenvalue weighted by Gasteiger charge is -2.18. The predicted molar refractivity (Wildman–Crippen MR) is 112 cm³/mol. The van der Waals surface area contributed by atoms with E-state index in [1.807, 2.05) is 42.5 Å². The molecule has 0 bridgehead atoms. The first-order valence-corrected chi connectivity index (χ1v) is 9.41. The minimum absolute atomic E-state index is 0.0204. The van der Waals surface area contributed by atoms with Crippen molar-refractivity contribution in [1.82, 2.24) is 15.5 Å². The van der Waals surface area contributed by atoms with Gasteiger partial charge in [-0.05, 0) is 43.5 Å². The van der Waals surface area contributed by atoms with Crippen LogP contribution in [0.4, 0.5) is 0 Å². The van der Waals surface area contributed by atoms with E-state index >= 15 is 0 Å². The fourth-order valence-electron chi connectivity index (χ4n) is 2.77. The van der Waals surface area contributed by atoms with E-state index in [2.05, 4.69) is 41.6 Å². The maximum absolute atomic E-state index is 12.1. The lowest BCUT2D eigenvalue weighted by atomic mass is 10.1. The van der Waals surface area contributed by atoms with Gasteiger partial charge in [-0.2, -0.15) is 0 Å². The van der Waals surface area contributed by atoms with Crippen molar-refractivity contribution in [1.29, 1.82) is 0 Å². The van der Waals surface area contributed by atoms with Crippen molar-refractivity contribution in [2.24, 2.45) is 4.99 Å². The average molecular weight is 367 g/mol. The maximum atomic E-state index is 12.1. The van der Waals surface area contributed by atoms with Crippen LogP contribution in [0.25, 0.3) is 0 Å². The first-order valence-electron chi connectivity index (χ1n) is 9.41. The number of carbonyl (C=O) groups excluding carboxylic acids is 1. The summed E-state index contributed by atoms with van der Waals surface area (Å²) in [4.78, 5) is 18.4. The molecule has 5 nitrogen and oxygen atoms in total. The highest BCUT2D eigenvalue weighted by molar-refractivity contribution is 5.94. The van der Waals surface area contributed by atoms with Gasteiger partial charge < -0.3 is 15.5 Å². The van der Waals surface area contributed by atoms with Gasteiger partial charge in [0, 0.05) is 32.7 Å². The Morgan fingerprint density at radius 3 is 2.52 bits per heavy atom. The quantitative estimate of drug-likeness (QED) is 0.584. The van der Waals surface area contributed by atoms with Gasteiger partial charge in [0.2, 0.25) is 0 Å². The normalized spacial score (nSPS) is 12.4. The standard InChI is InChI=1S/C22H30N4O/c1-5-23-22(25-17(2)19-11-7-6-8-12-19)24-15-14-18-10-9-13-20(16-18)21(27)26(3)4/h6-13,16-17H,5,14-15H2,1-4H3,(H2,23,24,25).